The van der Waals surface area contributed by atoms with Crippen LogP contribution in [-0.4, -0.2) is 31.1 Å². The zero-order valence-corrected chi connectivity index (χ0v) is 11.5. The van der Waals surface area contributed by atoms with E-state index in [1.165, 1.54) is 11.3 Å². The van der Waals surface area contributed by atoms with Crippen LogP contribution in [0.1, 0.15) is 30.6 Å². The van der Waals surface area contributed by atoms with Crippen molar-refractivity contribution in [3.8, 4) is 0 Å². The Morgan fingerprint density at radius 1 is 1.21 bits per heavy atom. The normalized spacial score (nSPS) is 9.79. The Hall–Kier alpha value is -1.89. The maximum Gasteiger partial charge on any atom is 0.341 e. The van der Waals surface area contributed by atoms with Gasteiger partial charge in [-0.1, -0.05) is 0 Å². The summed E-state index contributed by atoms with van der Waals surface area (Å²) in [4.78, 5) is 34.3. The van der Waals surface area contributed by atoms with Gasteiger partial charge in [-0.3, -0.25) is 9.59 Å². The number of hydrogen-bond acceptors (Lipinski definition) is 6. The van der Waals surface area contributed by atoms with Crippen molar-refractivity contribution in [3.05, 3.63) is 17.0 Å². The molecule has 0 saturated carbocycles. The van der Waals surface area contributed by atoms with Crippen molar-refractivity contribution in [1.29, 1.82) is 0 Å². The van der Waals surface area contributed by atoms with Crippen LogP contribution in [0, 0.1) is 0 Å². The predicted molar refractivity (Wildman–Crippen MR) is 70.2 cm³/mol. The topological polar surface area (TPSA) is 81.7 Å². The number of esters is 2. The molecule has 1 N–H and O–H groups in total. The number of nitrogens with one attached hydrogen (secondary N) is 1. The summed E-state index contributed by atoms with van der Waals surface area (Å²) in [5.74, 6) is -1.63. The first kappa shape index (κ1) is 15.2. The summed E-state index contributed by atoms with van der Waals surface area (Å²) in [5, 5.41) is 4.52. The van der Waals surface area contributed by atoms with E-state index in [1.807, 2.05) is 0 Å². The van der Waals surface area contributed by atoms with Crippen molar-refractivity contribution in [1.82, 2.24) is 0 Å². The lowest BCUT2D eigenvalue weighted by atomic mass is 10.3. The quantitative estimate of drug-likeness (QED) is 0.637. The molecule has 1 amide bonds. The van der Waals surface area contributed by atoms with Gasteiger partial charge in [0.2, 0.25) is 5.91 Å². The highest BCUT2D eigenvalue weighted by molar-refractivity contribution is 7.14. The van der Waals surface area contributed by atoms with Gasteiger partial charge >= 0.3 is 11.9 Å². The summed E-state index contributed by atoms with van der Waals surface area (Å²) in [7, 11) is 0. The third-order valence-corrected chi connectivity index (χ3v) is 2.85. The molecular weight excluding hydrogens is 270 g/mol. The summed E-state index contributed by atoms with van der Waals surface area (Å²) in [6.07, 6.45) is -0.381. The minimum atomic E-state index is -0.603. The number of hydrogen-bond donors (Lipinski definition) is 1. The second-order valence-corrected chi connectivity index (χ2v) is 4.33. The molecule has 104 valence electrons. The average Bonchev–Trinajstić information content (AvgIpc) is 2.77. The molecule has 0 saturated heterocycles. The highest BCUT2D eigenvalue weighted by atomic mass is 32.1. The monoisotopic (exact) mass is 285 g/mol. The number of anilines is 1. The van der Waals surface area contributed by atoms with E-state index in [-0.39, 0.29) is 25.2 Å². The van der Waals surface area contributed by atoms with Crippen molar-refractivity contribution < 1.29 is 23.9 Å². The van der Waals surface area contributed by atoms with Crippen LogP contribution in [0.2, 0.25) is 0 Å². The number of ether oxygens (including phenoxy) is 2. The van der Waals surface area contributed by atoms with Gasteiger partial charge in [-0.05, 0) is 25.3 Å². The Balaban J connectivity index is 2.62. The molecule has 6 nitrogen and oxygen atoms in total. The van der Waals surface area contributed by atoms with E-state index in [9.17, 15) is 14.4 Å². The number of rotatable bonds is 6. The van der Waals surface area contributed by atoms with E-state index in [0.29, 0.717) is 5.00 Å². The molecule has 1 rings (SSSR count). The first-order valence-corrected chi connectivity index (χ1v) is 6.66. The fraction of sp³-hybridized carbons (Fsp3) is 0.417. The van der Waals surface area contributed by atoms with Crippen LogP contribution in [0.4, 0.5) is 5.00 Å². The van der Waals surface area contributed by atoms with E-state index in [0.717, 1.165) is 0 Å². The summed E-state index contributed by atoms with van der Waals surface area (Å²) >= 11 is 1.19. The number of thiophene rings is 1. The lowest BCUT2D eigenvalue weighted by molar-refractivity contribution is -0.145. The maximum absolute atomic E-state index is 11.6. The highest BCUT2D eigenvalue weighted by Gasteiger charge is 2.17. The molecule has 0 aliphatic heterocycles. The Morgan fingerprint density at radius 2 is 1.89 bits per heavy atom. The van der Waals surface area contributed by atoms with Crippen molar-refractivity contribution in [2.45, 2.75) is 20.3 Å². The molecule has 0 atom stereocenters. The van der Waals surface area contributed by atoms with E-state index in [1.54, 1.807) is 25.3 Å². The smallest absolute Gasteiger partial charge is 0.341 e. The van der Waals surface area contributed by atoms with Gasteiger partial charge in [0.15, 0.2) is 0 Å². The van der Waals surface area contributed by atoms with E-state index in [2.05, 4.69) is 10.1 Å². The van der Waals surface area contributed by atoms with Gasteiger partial charge in [-0.25, -0.2) is 4.79 Å². The van der Waals surface area contributed by atoms with Gasteiger partial charge in [-0.2, -0.15) is 0 Å². The van der Waals surface area contributed by atoms with Crippen LogP contribution in [-0.2, 0) is 19.1 Å². The molecule has 7 heteroatoms. The van der Waals surface area contributed by atoms with E-state index in [4.69, 9.17) is 4.74 Å². The Kier molecular flexibility index (Phi) is 6.01. The van der Waals surface area contributed by atoms with Crippen LogP contribution >= 0.6 is 11.3 Å². The summed E-state index contributed by atoms with van der Waals surface area (Å²) in [5.41, 5.74) is 0.282. The number of carbonyl (C=O) groups is 3. The Labute approximate surface area is 114 Å². The van der Waals surface area contributed by atoms with Gasteiger partial charge < -0.3 is 14.8 Å². The molecule has 1 heterocycles. The minimum absolute atomic E-state index is 0.221. The molecule has 0 fully saturated rings. The largest absolute Gasteiger partial charge is 0.466 e. The summed E-state index contributed by atoms with van der Waals surface area (Å²) in [6, 6.07) is 1.56. The van der Waals surface area contributed by atoms with Crippen molar-refractivity contribution in [2.75, 3.05) is 18.5 Å². The molecule has 0 aromatic carbocycles. The summed E-state index contributed by atoms with van der Waals surface area (Å²) < 4.78 is 9.51. The molecule has 0 unspecified atom stereocenters. The molecular formula is C12H15NO5S. The van der Waals surface area contributed by atoms with Crippen LogP contribution in [0.3, 0.4) is 0 Å². The number of amides is 1. The SMILES string of the molecule is CCOC(=O)CC(=O)Nc1sccc1C(=O)OCC. The van der Waals surface area contributed by atoms with Crippen LogP contribution in [0.5, 0.6) is 0 Å². The first-order valence-electron chi connectivity index (χ1n) is 5.78. The summed E-state index contributed by atoms with van der Waals surface area (Å²) in [6.45, 7) is 3.83. The van der Waals surface area contributed by atoms with Crippen LogP contribution < -0.4 is 5.32 Å². The fourth-order valence-electron chi connectivity index (χ4n) is 1.29. The van der Waals surface area contributed by atoms with Gasteiger partial charge in [0.25, 0.3) is 0 Å². The molecule has 0 aliphatic rings. The van der Waals surface area contributed by atoms with Gasteiger partial charge in [0.1, 0.15) is 11.4 Å². The van der Waals surface area contributed by atoms with E-state index < -0.39 is 17.8 Å². The highest BCUT2D eigenvalue weighted by Crippen LogP contribution is 2.24. The third-order valence-electron chi connectivity index (χ3n) is 2.02. The lowest BCUT2D eigenvalue weighted by Gasteiger charge is -2.05. The molecule has 1 aromatic heterocycles. The molecule has 19 heavy (non-hydrogen) atoms. The zero-order chi connectivity index (χ0) is 14.3. The Morgan fingerprint density at radius 3 is 2.53 bits per heavy atom. The predicted octanol–water partition coefficient (Wildman–Crippen LogP) is 1.82. The number of carbonyl (C=O) groups excluding carboxylic acids is 3. The van der Waals surface area contributed by atoms with Crippen LogP contribution in [0.15, 0.2) is 11.4 Å². The van der Waals surface area contributed by atoms with Crippen LogP contribution in [0.25, 0.3) is 0 Å². The van der Waals surface area contributed by atoms with Crippen molar-refractivity contribution >= 4 is 34.2 Å². The standard InChI is InChI=1S/C12H15NO5S/c1-3-17-10(15)7-9(14)13-11-8(5-6-19-11)12(16)18-4-2/h5-6H,3-4,7H2,1-2H3,(H,13,14). The Bertz CT molecular complexity index is 468. The second-order valence-electron chi connectivity index (χ2n) is 3.41. The second kappa shape index (κ2) is 7.52. The average molecular weight is 285 g/mol. The van der Waals surface area contributed by atoms with Gasteiger partial charge in [0, 0.05) is 0 Å². The van der Waals surface area contributed by atoms with E-state index >= 15 is 0 Å². The fourth-order valence-corrected chi connectivity index (χ4v) is 2.08. The van der Waals surface area contributed by atoms with Crippen molar-refractivity contribution in [2.24, 2.45) is 0 Å². The first-order chi connectivity index (χ1) is 9.08. The molecule has 1 aromatic rings. The minimum Gasteiger partial charge on any atom is -0.466 e. The molecule has 0 aliphatic carbocycles. The van der Waals surface area contributed by atoms with Gasteiger partial charge in [0.05, 0.1) is 18.8 Å². The molecule has 0 radical (unpaired) electrons. The molecule has 0 spiro atoms. The third kappa shape index (κ3) is 4.70. The maximum atomic E-state index is 11.6. The van der Waals surface area contributed by atoms with Gasteiger partial charge in [-0.15, -0.1) is 11.3 Å². The zero-order valence-electron chi connectivity index (χ0n) is 10.7. The van der Waals surface area contributed by atoms with Crippen molar-refractivity contribution in [3.63, 3.8) is 0 Å². The lowest BCUT2D eigenvalue weighted by Crippen LogP contribution is -2.19. The molecule has 0 bridgehead atoms.